The van der Waals surface area contributed by atoms with Gasteiger partial charge in [-0.3, -0.25) is 0 Å². The van der Waals surface area contributed by atoms with Crippen molar-refractivity contribution >= 4 is 0 Å². The molecule has 0 aromatic carbocycles. The van der Waals surface area contributed by atoms with Gasteiger partial charge in [-0.05, 0) is 13.8 Å². The van der Waals surface area contributed by atoms with Gasteiger partial charge in [0.25, 0.3) is 0 Å². The zero-order valence-corrected chi connectivity index (χ0v) is 5.05. The van der Waals surface area contributed by atoms with Crippen LogP contribution in [0.2, 0.25) is 0 Å². The van der Waals surface area contributed by atoms with Crippen LogP contribution in [0.1, 0.15) is 13.8 Å². The molecule has 2 N–H and O–H groups in total. The molecule has 0 spiro atoms. The van der Waals surface area contributed by atoms with E-state index in [0.29, 0.717) is 0 Å². The van der Waals surface area contributed by atoms with E-state index in [1.165, 1.54) is 6.92 Å². The van der Waals surface area contributed by atoms with E-state index in [1.54, 1.807) is 6.92 Å². The van der Waals surface area contributed by atoms with Crippen LogP contribution in [0.15, 0.2) is 0 Å². The van der Waals surface area contributed by atoms with Crippen LogP contribution in [0, 0.1) is 11.8 Å². The van der Waals surface area contributed by atoms with Gasteiger partial charge in [-0.25, -0.2) is 0 Å². The van der Waals surface area contributed by atoms with E-state index in [0.717, 1.165) is 0 Å². The SMILES string of the molecule is CC#C[C@H](O)[C@@H](C)O. The first-order chi connectivity index (χ1) is 3.68. The molecule has 0 unspecified atom stereocenters. The predicted octanol–water partition coefficient (Wildman–Crippen LogP) is -0.249. The first-order valence-corrected chi connectivity index (χ1v) is 2.47. The second-order valence-corrected chi connectivity index (χ2v) is 1.58. The van der Waals surface area contributed by atoms with Crippen molar-refractivity contribution in [2.75, 3.05) is 0 Å². The van der Waals surface area contributed by atoms with Crippen LogP contribution in [-0.4, -0.2) is 22.4 Å². The summed E-state index contributed by atoms with van der Waals surface area (Å²) in [5.74, 6) is 4.89. The van der Waals surface area contributed by atoms with Crippen molar-refractivity contribution in [1.29, 1.82) is 0 Å². The van der Waals surface area contributed by atoms with Crippen molar-refractivity contribution in [1.82, 2.24) is 0 Å². The summed E-state index contributed by atoms with van der Waals surface area (Å²) in [6, 6.07) is 0. The van der Waals surface area contributed by atoms with E-state index in [1.807, 2.05) is 0 Å². The molecule has 0 aliphatic heterocycles. The van der Waals surface area contributed by atoms with Crippen molar-refractivity contribution in [2.45, 2.75) is 26.1 Å². The molecule has 0 fully saturated rings. The second kappa shape index (κ2) is 3.48. The van der Waals surface area contributed by atoms with Crippen LogP contribution in [0.25, 0.3) is 0 Å². The van der Waals surface area contributed by atoms with E-state index < -0.39 is 12.2 Å². The molecule has 0 bridgehead atoms. The summed E-state index contributed by atoms with van der Waals surface area (Å²) in [5.41, 5.74) is 0. The summed E-state index contributed by atoms with van der Waals surface area (Å²) >= 11 is 0. The van der Waals surface area contributed by atoms with Gasteiger partial charge in [-0.2, -0.15) is 0 Å². The van der Waals surface area contributed by atoms with Gasteiger partial charge in [0, 0.05) is 0 Å². The van der Waals surface area contributed by atoms with Crippen molar-refractivity contribution in [2.24, 2.45) is 0 Å². The highest BCUT2D eigenvalue weighted by molar-refractivity contribution is 5.03. The van der Waals surface area contributed by atoms with Gasteiger partial charge in [0.05, 0.1) is 6.10 Å². The van der Waals surface area contributed by atoms with Crippen LogP contribution in [0.3, 0.4) is 0 Å². The molecule has 0 rings (SSSR count). The van der Waals surface area contributed by atoms with Gasteiger partial charge < -0.3 is 10.2 Å². The number of aliphatic hydroxyl groups excluding tert-OH is 2. The molecular formula is C6H10O2. The highest BCUT2D eigenvalue weighted by Gasteiger charge is 2.04. The summed E-state index contributed by atoms with van der Waals surface area (Å²) in [6.07, 6.45) is -1.64. The maximum atomic E-state index is 8.70. The Balaban J connectivity index is 3.58. The van der Waals surface area contributed by atoms with Crippen LogP contribution in [0.4, 0.5) is 0 Å². The molecule has 0 aliphatic carbocycles. The van der Waals surface area contributed by atoms with Gasteiger partial charge in [0.15, 0.2) is 0 Å². The molecule has 0 radical (unpaired) electrons. The number of hydrogen-bond donors (Lipinski definition) is 2. The Labute approximate surface area is 49.2 Å². The lowest BCUT2D eigenvalue weighted by Gasteiger charge is -2.03. The van der Waals surface area contributed by atoms with Crippen LogP contribution >= 0.6 is 0 Å². The lowest BCUT2D eigenvalue weighted by molar-refractivity contribution is 0.0677. The summed E-state index contributed by atoms with van der Waals surface area (Å²) in [7, 11) is 0. The fourth-order valence-electron chi connectivity index (χ4n) is 0.268. The minimum absolute atomic E-state index is 0.748. The molecule has 0 aromatic rings. The molecule has 0 amide bonds. The standard InChI is InChI=1S/C6H10O2/c1-3-4-6(8)5(2)7/h5-8H,1-2H3/t5-,6+/m1/s1. The average Bonchev–Trinajstić information content (AvgIpc) is 1.67. The number of hydrogen-bond acceptors (Lipinski definition) is 2. The normalized spacial score (nSPS) is 16.0. The summed E-state index contributed by atoms with van der Waals surface area (Å²) in [4.78, 5) is 0. The number of aliphatic hydroxyl groups is 2. The van der Waals surface area contributed by atoms with Gasteiger partial charge in [-0.15, -0.1) is 5.92 Å². The Bertz CT molecular complexity index is 107. The van der Waals surface area contributed by atoms with Crippen molar-refractivity contribution in [3.63, 3.8) is 0 Å². The maximum absolute atomic E-state index is 8.70. The second-order valence-electron chi connectivity index (χ2n) is 1.58. The quantitative estimate of drug-likeness (QED) is 0.461. The minimum atomic E-state index is -0.889. The Morgan fingerprint density at radius 1 is 1.38 bits per heavy atom. The fraction of sp³-hybridized carbons (Fsp3) is 0.667. The van der Waals surface area contributed by atoms with E-state index >= 15 is 0 Å². The van der Waals surface area contributed by atoms with Gasteiger partial charge in [0.2, 0.25) is 0 Å². The van der Waals surface area contributed by atoms with Crippen LogP contribution < -0.4 is 0 Å². The van der Waals surface area contributed by atoms with E-state index in [9.17, 15) is 0 Å². The highest BCUT2D eigenvalue weighted by Crippen LogP contribution is 1.87. The molecule has 2 atom stereocenters. The van der Waals surface area contributed by atoms with Gasteiger partial charge in [-0.1, -0.05) is 5.92 Å². The minimum Gasteiger partial charge on any atom is -0.390 e. The third-order valence-electron chi connectivity index (χ3n) is 0.749. The summed E-state index contributed by atoms with van der Waals surface area (Å²) in [6.45, 7) is 3.11. The monoisotopic (exact) mass is 114 g/mol. The Morgan fingerprint density at radius 2 is 1.88 bits per heavy atom. The van der Waals surface area contributed by atoms with Crippen molar-refractivity contribution in [3.8, 4) is 11.8 Å². The fourth-order valence-corrected chi connectivity index (χ4v) is 0.268. The Kier molecular flexibility index (Phi) is 3.25. The van der Waals surface area contributed by atoms with Crippen molar-refractivity contribution < 1.29 is 10.2 Å². The van der Waals surface area contributed by atoms with E-state index in [4.69, 9.17) is 10.2 Å². The third-order valence-corrected chi connectivity index (χ3v) is 0.749. The lowest BCUT2D eigenvalue weighted by Crippen LogP contribution is -2.19. The molecule has 0 saturated carbocycles. The van der Waals surface area contributed by atoms with Crippen LogP contribution in [0.5, 0.6) is 0 Å². The molecule has 0 aromatic heterocycles. The van der Waals surface area contributed by atoms with Crippen LogP contribution in [-0.2, 0) is 0 Å². The topological polar surface area (TPSA) is 40.5 Å². The summed E-state index contributed by atoms with van der Waals surface area (Å²) in [5, 5.41) is 17.3. The van der Waals surface area contributed by atoms with Crippen molar-refractivity contribution in [3.05, 3.63) is 0 Å². The molecule has 2 nitrogen and oxygen atoms in total. The molecule has 0 aliphatic rings. The third kappa shape index (κ3) is 2.62. The molecule has 8 heavy (non-hydrogen) atoms. The Hall–Kier alpha value is -0.520. The zero-order chi connectivity index (χ0) is 6.57. The van der Waals surface area contributed by atoms with Gasteiger partial charge >= 0.3 is 0 Å². The maximum Gasteiger partial charge on any atom is 0.140 e. The Morgan fingerprint density at radius 3 is 2.00 bits per heavy atom. The molecule has 0 saturated heterocycles. The smallest absolute Gasteiger partial charge is 0.140 e. The largest absolute Gasteiger partial charge is 0.390 e. The highest BCUT2D eigenvalue weighted by atomic mass is 16.3. The molecular weight excluding hydrogens is 104 g/mol. The average molecular weight is 114 g/mol. The molecule has 46 valence electrons. The first kappa shape index (κ1) is 7.48. The zero-order valence-electron chi connectivity index (χ0n) is 5.05. The lowest BCUT2D eigenvalue weighted by atomic mass is 10.2. The summed E-state index contributed by atoms with van der Waals surface area (Å²) < 4.78 is 0. The molecule has 0 heterocycles. The van der Waals surface area contributed by atoms with E-state index in [2.05, 4.69) is 11.8 Å². The predicted molar refractivity (Wildman–Crippen MR) is 31.1 cm³/mol. The van der Waals surface area contributed by atoms with E-state index in [-0.39, 0.29) is 0 Å². The first-order valence-electron chi connectivity index (χ1n) is 2.47. The van der Waals surface area contributed by atoms with Gasteiger partial charge in [0.1, 0.15) is 6.10 Å². The number of rotatable bonds is 1. The molecule has 2 heteroatoms.